The highest BCUT2D eigenvalue weighted by molar-refractivity contribution is 9.10. The number of hydrogen-bond donors (Lipinski definition) is 1. The van der Waals surface area contributed by atoms with Crippen LogP contribution in [0.1, 0.15) is 11.1 Å². The predicted octanol–water partition coefficient (Wildman–Crippen LogP) is 4.58. The number of benzene rings is 2. The lowest BCUT2D eigenvalue weighted by Gasteiger charge is -2.12. The number of hydrogen-bond acceptors (Lipinski definition) is 2. The number of nitrogens with one attached hydrogen (secondary N) is 1. The van der Waals surface area contributed by atoms with E-state index in [-0.39, 0.29) is 10.2 Å². The number of rotatable bonds is 3. The molecule has 0 unspecified atom stereocenters. The third kappa shape index (κ3) is 3.80. The first-order valence-corrected chi connectivity index (χ1v) is 8.33. The SMILES string of the molecule is Cc1ccc(NS(=O)(=O)c2ccc(Br)c(C(F)(F)F)c2)cc1. The van der Waals surface area contributed by atoms with Gasteiger partial charge in [0, 0.05) is 10.2 Å². The summed E-state index contributed by atoms with van der Waals surface area (Å²) in [4.78, 5) is -0.455. The van der Waals surface area contributed by atoms with E-state index in [0.29, 0.717) is 6.07 Å². The van der Waals surface area contributed by atoms with Gasteiger partial charge in [-0.25, -0.2) is 8.42 Å². The van der Waals surface area contributed by atoms with E-state index in [0.717, 1.165) is 17.7 Å². The predicted molar refractivity (Wildman–Crippen MR) is 81.1 cm³/mol. The Morgan fingerprint density at radius 3 is 2.18 bits per heavy atom. The molecule has 0 heterocycles. The minimum atomic E-state index is -4.64. The fraction of sp³-hybridized carbons (Fsp3) is 0.143. The van der Waals surface area contributed by atoms with Gasteiger partial charge in [-0.05, 0) is 37.3 Å². The maximum Gasteiger partial charge on any atom is 0.417 e. The highest BCUT2D eigenvalue weighted by Crippen LogP contribution is 2.36. The lowest BCUT2D eigenvalue weighted by atomic mass is 10.2. The third-order valence-electron chi connectivity index (χ3n) is 2.86. The Morgan fingerprint density at radius 1 is 1.05 bits per heavy atom. The molecule has 0 fully saturated rings. The third-order valence-corrected chi connectivity index (χ3v) is 4.93. The van der Waals surface area contributed by atoms with E-state index in [1.165, 1.54) is 12.1 Å². The maximum absolute atomic E-state index is 12.8. The number of aryl methyl sites for hydroxylation is 1. The van der Waals surface area contributed by atoms with Crippen molar-refractivity contribution in [2.24, 2.45) is 0 Å². The first-order valence-electron chi connectivity index (χ1n) is 6.06. The molecule has 0 aromatic heterocycles. The molecule has 0 atom stereocenters. The molecular weight excluding hydrogens is 383 g/mol. The summed E-state index contributed by atoms with van der Waals surface area (Å²) in [6, 6.07) is 9.23. The summed E-state index contributed by atoms with van der Waals surface area (Å²) < 4.78 is 64.9. The fourth-order valence-corrected chi connectivity index (χ4v) is 3.28. The molecule has 0 saturated heterocycles. The average molecular weight is 394 g/mol. The van der Waals surface area contributed by atoms with Gasteiger partial charge in [-0.2, -0.15) is 13.2 Å². The molecule has 0 radical (unpaired) electrons. The molecule has 0 aliphatic heterocycles. The zero-order valence-corrected chi connectivity index (χ0v) is 13.7. The Hall–Kier alpha value is -1.54. The van der Waals surface area contributed by atoms with Crippen molar-refractivity contribution in [2.45, 2.75) is 18.0 Å². The maximum atomic E-state index is 12.8. The van der Waals surface area contributed by atoms with Crippen molar-refractivity contribution >= 4 is 31.6 Å². The Morgan fingerprint density at radius 2 is 1.64 bits per heavy atom. The van der Waals surface area contributed by atoms with Crippen molar-refractivity contribution in [1.29, 1.82) is 0 Å². The minimum Gasteiger partial charge on any atom is -0.280 e. The first kappa shape index (κ1) is 16.8. The second-order valence-corrected chi connectivity index (χ2v) is 7.15. The lowest BCUT2D eigenvalue weighted by molar-refractivity contribution is -0.138. The fourth-order valence-electron chi connectivity index (χ4n) is 1.72. The molecule has 22 heavy (non-hydrogen) atoms. The molecule has 0 amide bonds. The molecule has 2 aromatic rings. The van der Waals surface area contributed by atoms with Crippen LogP contribution in [-0.4, -0.2) is 8.42 Å². The topological polar surface area (TPSA) is 46.2 Å². The molecule has 1 N–H and O–H groups in total. The van der Waals surface area contributed by atoms with Crippen LogP contribution in [-0.2, 0) is 16.2 Å². The van der Waals surface area contributed by atoms with Crippen molar-refractivity contribution in [3.8, 4) is 0 Å². The molecule has 8 heteroatoms. The van der Waals surface area contributed by atoms with Crippen molar-refractivity contribution in [2.75, 3.05) is 4.72 Å². The number of sulfonamides is 1. The molecule has 0 bridgehead atoms. The Labute approximate surface area is 134 Å². The molecule has 3 nitrogen and oxygen atoms in total. The van der Waals surface area contributed by atoms with Gasteiger partial charge < -0.3 is 0 Å². The summed E-state index contributed by atoms with van der Waals surface area (Å²) >= 11 is 2.77. The molecule has 2 rings (SSSR count). The van der Waals surface area contributed by atoms with E-state index in [9.17, 15) is 21.6 Å². The summed E-state index contributed by atoms with van der Waals surface area (Å²) in [6.45, 7) is 1.84. The Kier molecular flexibility index (Phi) is 4.53. The van der Waals surface area contributed by atoms with Crippen LogP contribution in [0.2, 0.25) is 0 Å². The van der Waals surface area contributed by atoms with Gasteiger partial charge in [-0.3, -0.25) is 4.72 Å². The van der Waals surface area contributed by atoms with Gasteiger partial charge >= 0.3 is 6.18 Å². The number of halogens is 4. The standard InChI is InChI=1S/C14H11BrF3NO2S/c1-9-2-4-10(5-3-9)19-22(20,21)11-6-7-13(15)12(8-11)14(16,17)18/h2-8,19H,1H3. The normalized spacial score (nSPS) is 12.2. The lowest BCUT2D eigenvalue weighted by Crippen LogP contribution is -2.15. The van der Waals surface area contributed by atoms with Gasteiger partial charge in [0.25, 0.3) is 10.0 Å². The Bertz CT molecular complexity index is 787. The van der Waals surface area contributed by atoms with Crippen molar-refractivity contribution in [1.82, 2.24) is 0 Å². The van der Waals surface area contributed by atoms with E-state index in [1.54, 1.807) is 12.1 Å². The van der Waals surface area contributed by atoms with Crippen LogP contribution in [0.5, 0.6) is 0 Å². The number of alkyl halides is 3. The molecule has 0 saturated carbocycles. The zero-order chi connectivity index (χ0) is 16.5. The summed E-state index contributed by atoms with van der Waals surface area (Å²) in [7, 11) is -4.10. The van der Waals surface area contributed by atoms with Gasteiger partial charge in [-0.15, -0.1) is 0 Å². The van der Waals surface area contributed by atoms with Crippen molar-refractivity contribution < 1.29 is 21.6 Å². The molecule has 0 spiro atoms. The van der Waals surface area contributed by atoms with E-state index in [4.69, 9.17) is 0 Å². The van der Waals surface area contributed by atoms with Crippen LogP contribution in [0.4, 0.5) is 18.9 Å². The molecule has 2 aromatic carbocycles. The molecule has 0 aliphatic rings. The van der Waals surface area contributed by atoms with Crippen LogP contribution in [0.3, 0.4) is 0 Å². The number of anilines is 1. The van der Waals surface area contributed by atoms with Crippen LogP contribution < -0.4 is 4.72 Å². The second-order valence-electron chi connectivity index (χ2n) is 4.61. The van der Waals surface area contributed by atoms with Crippen molar-refractivity contribution in [3.05, 3.63) is 58.1 Å². The molecular formula is C14H11BrF3NO2S. The largest absolute Gasteiger partial charge is 0.417 e. The van der Waals surface area contributed by atoms with Gasteiger partial charge in [0.1, 0.15) is 0 Å². The van der Waals surface area contributed by atoms with E-state index >= 15 is 0 Å². The van der Waals surface area contributed by atoms with Crippen LogP contribution in [0.25, 0.3) is 0 Å². The first-order chi connectivity index (χ1) is 10.1. The van der Waals surface area contributed by atoms with Gasteiger partial charge in [0.15, 0.2) is 0 Å². The summed E-state index contributed by atoms with van der Waals surface area (Å²) in [5, 5.41) is 0. The second kappa shape index (κ2) is 5.92. The zero-order valence-electron chi connectivity index (χ0n) is 11.3. The highest BCUT2D eigenvalue weighted by Gasteiger charge is 2.34. The highest BCUT2D eigenvalue weighted by atomic mass is 79.9. The van der Waals surface area contributed by atoms with Crippen LogP contribution in [0, 0.1) is 6.92 Å². The van der Waals surface area contributed by atoms with Gasteiger partial charge in [-0.1, -0.05) is 33.6 Å². The molecule has 0 aliphatic carbocycles. The van der Waals surface area contributed by atoms with Gasteiger partial charge in [0.05, 0.1) is 10.5 Å². The van der Waals surface area contributed by atoms with E-state index in [1.807, 2.05) is 6.92 Å². The summed E-state index contributed by atoms with van der Waals surface area (Å²) in [6.07, 6.45) is -4.64. The van der Waals surface area contributed by atoms with Crippen LogP contribution in [0.15, 0.2) is 51.8 Å². The van der Waals surface area contributed by atoms with E-state index in [2.05, 4.69) is 20.7 Å². The van der Waals surface area contributed by atoms with E-state index < -0.39 is 26.7 Å². The Balaban J connectivity index is 2.39. The summed E-state index contributed by atoms with van der Waals surface area (Å²) in [5.74, 6) is 0. The monoisotopic (exact) mass is 393 g/mol. The quantitative estimate of drug-likeness (QED) is 0.829. The molecule has 118 valence electrons. The minimum absolute atomic E-state index is 0.214. The average Bonchev–Trinajstić information content (AvgIpc) is 2.40. The smallest absolute Gasteiger partial charge is 0.280 e. The van der Waals surface area contributed by atoms with Gasteiger partial charge in [0.2, 0.25) is 0 Å². The van der Waals surface area contributed by atoms with Crippen molar-refractivity contribution in [3.63, 3.8) is 0 Å². The summed E-state index contributed by atoms with van der Waals surface area (Å²) in [5.41, 5.74) is 0.173. The van der Waals surface area contributed by atoms with Crippen LogP contribution >= 0.6 is 15.9 Å².